The molecule has 0 aliphatic heterocycles. The van der Waals surface area contributed by atoms with Gasteiger partial charge in [0.2, 0.25) is 0 Å². The lowest BCUT2D eigenvalue weighted by Gasteiger charge is -2.01. The highest BCUT2D eigenvalue weighted by atomic mass is 16.5. The van der Waals surface area contributed by atoms with E-state index < -0.39 is 7.12 Å². The van der Waals surface area contributed by atoms with Crippen LogP contribution in [0.1, 0.15) is 12.0 Å². The Labute approximate surface area is 90.2 Å². The first-order valence-corrected chi connectivity index (χ1v) is 4.88. The second kappa shape index (κ2) is 6.27. The summed E-state index contributed by atoms with van der Waals surface area (Å²) in [6.45, 7) is 0. The molecule has 0 aromatic heterocycles. The zero-order chi connectivity index (χ0) is 11.1. The fourth-order valence-corrected chi connectivity index (χ4v) is 1.26. The summed E-state index contributed by atoms with van der Waals surface area (Å²) in [7, 11) is 0.293. The number of allylic oxidation sites excluding steroid dienone is 1. The lowest BCUT2D eigenvalue weighted by molar-refractivity contribution is 0.414. The van der Waals surface area contributed by atoms with Gasteiger partial charge in [-0.1, -0.05) is 24.2 Å². The van der Waals surface area contributed by atoms with Crippen LogP contribution in [0.25, 0.3) is 0 Å². The van der Waals surface area contributed by atoms with Gasteiger partial charge in [0.05, 0.1) is 7.11 Å². The minimum absolute atomic E-state index is 0.796. The summed E-state index contributed by atoms with van der Waals surface area (Å²) in [4.78, 5) is 0. The minimum atomic E-state index is -1.35. The first-order valence-electron chi connectivity index (χ1n) is 4.88. The highest BCUT2D eigenvalue weighted by molar-refractivity contribution is 6.47. The Bertz CT molecular complexity index is 306. The van der Waals surface area contributed by atoms with Crippen LogP contribution in [0, 0.1) is 0 Å². The quantitative estimate of drug-likeness (QED) is 0.711. The molecule has 15 heavy (non-hydrogen) atoms. The van der Waals surface area contributed by atoms with Gasteiger partial charge in [-0.2, -0.15) is 0 Å². The molecule has 0 aliphatic carbocycles. The minimum Gasteiger partial charge on any atom is -0.497 e. The lowest BCUT2D eigenvalue weighted by atomic mass is 9.91. The Hall–Kier alpha value is -1.26. The number of benzene rings is 1. The molecule has 0 heterocycles. The van der Waals surface area contributed by atoms with Gasteiger partial charge in [0.15, 0.2) is 0 Å². The fraction of sp³-hybridized carbons (Fsp3) is 0.273. The van der Waals surface area contributed by atoms with Gasteiger partial charge in [0.1, 0.15) is 5.75 Å². The lowest BCUT2D eigenvalue weighted by Crippen LogP contribution is -2.05. The van der Waals surface area contributed by atoms with Crippen molar-refractivity contribution < 1.29 is 14.8 Å². The number of methoxy groups -OCH3 is 1. The standard InChI is InChI=1S/C11H15BO3/c1-15-11-7-5-10(6-8-11)4-2-3-9-12(13)14/h3,5-9,13-14H,2,4H2,1H3/b9-3+. The second-order valence-electron chi connectivity index (χ2n) is 3.23. The Morgan fingerprint density at radius 1 is 1.27 bits per heavy atom. The summed E-state index contributed by atoms with van der Waals surface area (Å²) in [6, 6.07) is 7.84. The van der Waals surface area contributed by atoms with Crippen molar-refractivity contribution in [2.75, 3.05) is 7.11 Å². The molecule has 0 bridgehead atoms. The molecule has 0 aliphatic rings. The third kappa shape index (κ3) is 4.67. The van der Waals surface area contributed by atoms with Crippen LogP contribution in [0.4, 0.5) is 0 Å². The van der Waals surface area contributed by atoms with E-state index in [1.807, 2.05) is 24.3 Å². The van der Waals surface area contributed by atoms with E-state index in [2.05, 4.69) is 0 Å². The second-order valence-corrected chi connectivity index (χ2v) is 3.23. The molecule has 0 atom stereocenters. The summed E-state index contributed by atoms with van der Waals surface area (Å²) in [5.74, 6) is 2.21. The third-order valence-electron chi connectivity index (χ3n) is 2.07. The maximum atomic E-state index is 8.57. The van der Waals surface area contributed by atoms with Crippen LogP contribution in [-0.2, 0) is 6.42 Å². The van der Waals surface area contributed by atoms with Crippen LogP contribution in [0.5, 0.6) is 5.75 Å². The Morgan fingerprint density at radius 2 is 1.93 bits per heavy atom. The van der Waals surface area contributed by atoms with Crippen LogP contribution in [0.3, 0.4) is 0 Å². The Morgan fingerprint density at radius 3 is 2.47 bits per heavy atom. The summed E-state index contributed by atoms with van der Waals surface area (Å²) < 4.78 is 5.05. The largest absolute Gasteiger partial charge is 0.497 e. The van der Waals surface area contributed by atoms with Gasteiger partial charge < -0.3 is 14.8 Å². The van der Waals surface area contributed by atoms with E-state index >= 15 is 0 Å². The number of ether oxygens (including phenoxy) is 1. The van der Waals surface area contributed by atoms with E-state index in [9.17, 15) is 0 Å². The van der Waals surface area contributed by atoms with Crippen molar-refractivity contribution in [2.24, 2.45) is 0 Å². The van der Waals surface area contributed by atoms with Crippen LogP contribution in [0.2, 0.25) is 0 Å². The number of hydrogen-bond donors (Lipinski definition) is 2. The molecule has 3 nitrogen and oxygen atoms in total. The van der Waals surface area contributed by atoms with Crippen molar-refractivity contribution in [3.05, 3.63) is 41.9 Å². The van der Waals surface area contributed by atoms with Gasteiger partial charge in [-0.05, 0) is 30.5 Å². The van der Waals surface area contributed by atoms with E-state index in [0.29, 0.717) is 0 Å². The number of aryl methyl sites for hydroxylation is 1. The number of hydrogen-bond acceptors (Lipinski definition) is 3. The molecule has 0 saturated carbocycles. The van der Waals surface area contributed by atoms with Crippen molar-refractivity contribution in [3.8, 4) is 5.75 Å². The molecule has 1 aromatic carbocycles. The van der Waals surface area contributed by atoms with Crippen molar-refractivity contribution in [1.82, 2.24) is 0 Å². The normalized spacial score (nSPS) is 10.6. The summed E-state index contributed by atoms with van der Waals surface area (Å²) in [6.07, 6.45) is 3.44. The predicted octanol–water partition coefficient (Wildman–Crippen LogP) is 1.20. The highest BCUT2D eigenvalue weighted by Crippen LogP contribution is 2.12. The SMILES string of the molecule is COc1ccc(CC/C=C/B(O)O)cc1. The zero-order valence-electron chi connectivity index (χ0n) is 8.76. The highest BCUT2D eigenvalue weighted by Gasteiger charge is 1.97. The number of rotatable bonds is 5. The summed E-state index contributed by atoms with van der Waals surface area (Å²) in [5, 5.41) is 17.1. The van der Waals surface area contributed by atoms with E-state index in [1.54, 1.807) is 13.2 Å². The predicted molar refractivity (Wildman–Crippen MR) is 60.6 cm³/mol. The fourth-order valence-electron chi connectivity index (χ4n) is 1.26. The van der Waals surface area contributed by atoms with Crippen LogP contribution in [0.15, 0.2) is 36.3 Å². The maximum absolute atomic E-state index is 8.57. The van der Waals surface area contributed by atoms with Crippen LogP contribution >= 0.6 is 0 Å². The van der Waals surface area contributed by atoms with Crippen molar-refractivity contribution in [2.45, 2.75) is 12.8 Å². The zero-order valence-corrected chi connectivity index (χ0v) is 8.76. The molecule has 4 heteroatoms. The van der Waals surface area contributed by atoms with Crippen molar-refractivity contribution in [1.29, 1.82) is 0 Å². The van der Waals surface area contributed by atoms with E-state index in [4.69, 9.17) is 14.8 Å². The van der Waals surface area contributed by atoms with Crippen molar-refractivity contribution >= 4 is 7.12 Å². The molecule has 0 radical (unpaired) electrons. The molecule has 0 unspecified atom stereocenters. The summed E-state index contributed by atoms with van der Waals surface area (Å²) >= 11 is 0. The van der Waals surface area contributed by atoms with Gasteiger partial charge in [0.25, 0.3) is 0 Å². The van der Waals surface area contributed by atoms with E-state index in [-0.39, 0.29) is 0 Å². The maximum Gasteiger partial charge on any atom is 0.480 e. The molecular weight excluding hydrogens is 191 g/mol. The first-order chi connectivity index (χ1) is 7.22. The van der Waals surface area contributed by atoms with Crippen LogP contribution in [-0.4, -0.2) is 24.3 Å². The Balaban J connectivity index is 2.38. The van der Waals surface area contributed by atoms with Crippen molar-refractivity contribution in [3.63, 3.8) is 0 Å². The molecule has 0 fully saturated rings. The average molecular weight is 206 g/mol. The molecule has 1 aromatic rings. The third-order valence-corrected chi connectivity index (χ3v) is 2.07. The molecule has 1 rings (SSSR count). The molecule has 80 valence electrons. The van der Waals surface area contributed by atoms with Gasteiger partial charge in [-0.3, -0.25) is 0 Å². The first kappa shape index (κ1) is 11.8. The average Bonchev–Trinajstić information content (AvgIpc) is 2.25. The Kier molecular flexibility index (Phi) is 4.94. The smallest absolute Gasteiger partial charge is 0.480 e. The molecule has 2 N–H and O–H groups in total. The van der Waals surface area contributed by atoms with Crippen LogP contribution < -0.4 is 4.74 Å². The molecule has 0 spiro atoms. The van der Waals surface area contributed by atoms with Gasteiger partial charge in [0, 0.05) is 0 Å². The van der Waals surface area contributed by atoms with Gasteiger partial charge in [-0.25, -0.2) is 0 Å². The topological polar surface area (TPSA) is 49.7 Å². The van der Waals surface area contributed by atoms with Gasteiger partial charge in [-0.15, -0.1) is 0 Å². The molecule has 0 amide bonds. The summed E-state index contributed by atoms with van der Waals surface area (Å²) in [5.41, 5.74) is 1.20. The molecular formula is C11H15BO3. The molecule has 0 saturated heterocycles. The van der Waals surface area contributed by atoms with E-state index in [0.717, 1.165) is 18.6 Å². The van der Waals surface area contributed by atoms with E-state index in [1.165, 1.54) is 11.5 Å². The van der Waals surface area contributed by atoms with Gasteiger partial charge >= 0.3 is 7.12 Å². The monoisotopic (exact) mass is 206 g/mol.